The molecule has 0 aliphatic carbocycles. The van der Waals surface area contributed by atoms with Gasteiger partial charge in [-0.2, -0.15) is 0 Å². The van der Waals surface area contributed by atoms with Gasteiger partial charge < -0.3 is 14.8 Å². The van der Waals surface area contributed by atoms with Crippen LogP contribution < -0.4 is 10.1 Å². The van der Waals surface area contributed by atoms with Gasteiger partial charge in [-0.1, -0.05) is 53.5 Å². The fourth-order valence-corrected chi connectivity index (χ4v) is 2.41. The summed E-state index contributed by atoms with van der Waals surface area (Å²) >= 11 is 11.7. The molecule has 0 unspecified atom stereocenters. The van der Waals surface area contributed by atoms with E-state index in [2.05, 4.69) is 5.32 Å². The summed E-state index contributed by atoms with van der Waals surface area (Å²) in [6.45, 7) is 1.49. The number of hydrogen-bond acceptors (Lipinski definition) is 4. The van der Waals surface area contributed by atoms with Crippen molar-refractivity contribution in [1.82, 2.24) is 5.32 Å². The number of carbonyl (C=O) groups is 2. The molecule has 1 atom stereocenters. The molecule has 2 aromatic rings. The molecule has 0 saturated carbocycles. The summed E-state index contributed by atoms with van der Waals surface area (Å²) in [6.07, 6.45) is -0.930. The summed E-state index contributed by atoms with van der Waals surface area (Å²) in [5.41, 5.74) is 0.954. The lowest BCUT2D eigenvalue weighted by Gasteiger charge is -2.14. The SMILES string of the molecule is C[C@H](OC(=O)COc1ccc(Cl)cc1Cl)C(=O)NCc1ccccc1. The van der Waals surface area contributed by atoms with Crippen LogP contribution in [0.2, 0.25) is 10.0 Å². The maximum atomic E-state index is 12.0. The second-order valence-corrected chi connectivity index (χ2v) is 6.04. The fourth-order valence-electron chi connectivity index (χ4n) is 1.94. The van der Waals surface area contributed by atoms with Crippen molar-refractivity contribution < 1.29 is 19.1 Å². The van der Waals surface area contributed by atoms with Crippen LogP contribution in [0, 0.1) is 0 Å². The van der Waals surface area contributed by atoms with E-state index in [1.54, 1.807) is 12.1 Å². The zero-order valence-corrected chi connectivity index (χ0v) is 15.0. The molecule has 0 saturated heterocycles. The van der Waals surface area contributed by atoms with Gasteiger partial charge in [-0.3, -0.25) is 4.79 Å². The van der Waals surface area contributed by atoms with E-state index in [0.29, 0.717) is 17.3 Å². The fraction of sp³-hybridized carbons (Fsp3) is 0.222. The van der Waals surface area contributed by atoms with Crippen LogP contribution in [-0.2, 0) is 20.9 Å². The molecule has 0 aliphatic rings. The van der Waals surface area contributed by atoms with Gasteiger partial charge in [0, 0.05) is 11.6 Å². The van der Waals surface area contributed by atoms with Crippen molar-refractivity contribution in [2.75, 3.05) is 6.61 Å². The third-order valence-electron chi connectivity index (χ3n) is 3.23. The number of rotatable bonds is 7. The molecule has 2 aromatic carbocycles. The predicted molar refractivity (Wildman–Crippen MR) is 95.8 cm³/mol. The predicted octanol–water partition coefficient (Wildman–Crippen LogP) is 3.62. The third kappa shape index (κ3) is 6.29. The van der Waals surface area contributed by atoms with Gasteiger partial charge in [0.1, 0.15) is 5.75 Å². The summed E-state index contributed by atoms with van der Waals surface area (Å²) in [7, 11) is 0. The van der Waals surface area contributed by atoms with Crippen LogP contribution in [0.15, 0.2) is 48.5 Å². The van der Waals surface area contributed by atoms with Crippen molar-refractivity contribution in [3.8, 4) is 5.75 Å². The van der Waals surface area contributed by atoms with Crippen LogP contribution in [-0.4, -0.2) is 24.6 Å². The normalized spacial score (nSPS) is 11.5. The lowest BCUT2D eigenvalue weighted by Crippen LogP contribution is -2.36. The molecule has 0 aliphatic heterocycles. The number of carbonyl (C=O) groups excluding carboxylic acids is 2. The van der Waals surface area contributed by atoms with Gasteiger partial charge in [0.2, 0.25) is 0 Å². The Morgan fingerprint density at radius 3 is 2.52 bits per heavy atom. The van der Waals surface area contributed by atoms with Crippen LogP contribution in [0.5, 0.6) is 5.75 Å². The molecule has 2 rings (SSSR count). The molecule has 0 spiro atoms. The van der Waals surface area contributed by atoms with Gasteiger partial charge in [-0.05, 0) is 30.7 Å². The van der Waals surface area contributed by atoms with Crippen molar-refractivity contribution in [3.63, 3.8) is 0 Å². The molecule has 0 radical (unpaired) electrons. The van der Waals surface area contributed by atoms with Crippen LogP contribution in [0.1, 0.15) is 12.5 Å². The lowest BCUT2D eigenvalue weighted by molar-refractivity contribution is -0.156. The number of hydrogen-bond donors (Lipinski definition) is 1. The van der Waals surface area contributed by atoms with Gasteiger partial charge in [-0.25, -0.2) is 4.79 Å². The van der Waals surface area contributed by atoms with Crippen molar-refractivity contribution in [2.45, 2.75) is 19.6 Å². The van der Waals surface area contributed by atoms with Crippen LogP contribution in [0.4, 0.5) is 0 Å². The van der Waals surface area contributed by atoms with Crippen molar-refractivity contribution in [2.24, 2.45) is 0 Å². The minimum atomic E-state index is -0.930. The standard InChI is InChI=1S/C18H17Cl2NO4/c1-12(18(23)21-10-13-5-3-2-4-6-13)25-17(22)11-24-16-8-7-14(19)9-15(16)20/h2-9,12H,10-11H2,1H3,(H,21,23)/t12-/m0/s1. The largest absolute Gasteiger partial charge is 0.480 e. The highest BCUT2D eigenvalue weighted by atomic mass is 35.5. The third-order valence-corrected chi connectivity index (χ3v) is 3.76. The van der Waals surface area contributed by atoms with Gasteiger partial charge in [0.15, 0.2) is 12.7 Å². The van der Waals surface area contributed by atoms with Crippen molar-refractivity contribution >= 4 is 35.1 Å². The van der Waals surface area contributed by atoms with E-state index in [0.717, 1.165) is 5.56 Å². The molecule has 5 nitrogen and oxygen atoms in total. The Balaban J connectivity index is 1.76. The Labute approximate surface area is 155 Å². The summed E-state index contributed by atoms with van der Waals surface area (Å²) in [5.74, 6) is -0.751. The summed E-state index contributed by atoms with van der Waals surface area (Å²) in [5, 5.41) is 3.45. The van der Waals surface area contributed by atoms with E-state index in [1.807, 2.05) is 30.3 Å². The zero-order chi connectivity index (χ0) is 18.2. The second kappa shape index (κ2) is 9.30. The molecule has 0 fully saturated rings. The Hall–Kier alpha value is -2.24. The highest BCUT2D eigenvalue weighted by molar-refractivity contribution is 6.35. The topological polar surface area (TPSA) is 64.6 Å². The molecule has 7 heteroatoms. The Morgan fingerprint density at radius 2 is 1.84 bits per heavy atom. The lowest BCUT2D eigenvalue weighted by atomic mass is 10.2. The Bertz CT molecular complexity index is 737. The van der Waals surface area contributed by atoms with E-state index in [4.69, 9.17) is 32.7 Å². The number of esters is 1. The zero-order valence-electron chi connectivity index (χ0n) is 13.5. The molecule has 1 amide bonds. The van der Waals surface area contributed by atoms with E-state index < -0.39 is 12.1 Å². The number of halogens is 2. The summed E-state index contributed by atoms with van der Waals surface area (Å²) in [6, 6.07) is 14.1. The molecule has 0 heterocycles. The smallest absolute Gasteiger partial charge is 0.344 e. The molecule has 1 N–H and O–H groups in total. The van der Waals surface area contributed by atoms with E-state index in [1.165, 1.54) is 13.0 Å². The number of nitrogens with one attached hydrogen (secondary N) is 1. The molecule has 132 valence electrons. The monoisotopic (exact) mass is 381 g/mol. The second-order valence-electron chi connectivity index (χ2n) is 5.20. The van der Waals surface area contributed by atoms with Gasteiger partial charge in [0.05, 0.1) is 5.02 Å². The van der Waals surface area contributed by atoms with Crippen molar-refractivity contribution in [1.29, 1.82) is 0 Å². The van der Waals surface area contributed by atoms with Crippen LogP contribution >= 0.6 is 23.2 Å². The van der Waals surface area contributed by atoms with E-state index in [-0.39, 0.29) is 17.5 Å². The van der Waals surface area contributed by atoms with Crippen molar-refractivity contribution in [3.05, 3.63) is 64.1 Å². The maximum absolute atomic E-state index is 12.0. The first-order valence-electron chi connectivity index (χ1n) is 7.54. The van der Waals surface area contributed by atoms with E-state index >= 15 is 0 Å². The number of ether oxygens (including phenoxy) is 2. The van der Waals surface area contributed by atoms with Crippen LogP contribution in [0.3, 0.4) is 0 Å². The molecular weight excluding hydrogens is 365 g/mol. The Morgan fingerprint density at radius 1 is 1.12 bits per heavy atom. The Kier molecular flexibility index (Phi) is 7.10. The number of benzene rings is 2. The minimum absolute atomic E-state index is 0.286. The summed E-state index contributed by atoms with van der Waals surface area (Å²) < 4.78 is 10.3. The van der Waals surface area contributed by atoms with Gasteiger partial charge in [-0.15, -0.1) is 0 Å². The average molecular weight is 382 g/mol. The molecule has 25 heavy (non-hydrogen) atoms. The van der Waals surface area contributed by atoms with Gasteiger partial charge >= 0.3 is 5.97 Å². The van der Waals surface area contributed by atoms with E-state index in [9.17, 15) is 9.59 Å². The molecule has 0 aromatic heterocycles. The minimum Gasteiger partial charge on any atom is -0.480 e. The first-order valence-corrected chi connectivity index (χ1v) is 8.30. The van der Waals surface area contributed by atoms with Crippen LogP contribution in [0.25, 0.3) is 0 Å². The molecular formula is C18H17Cl2NO4. The first-order chi connectivity index (χ1) is 12.0. The molecule has 0 bridgehead atoms. The number of amides is 1. The maximum Gasteiger partial charge on any atom is 0.344 e. The highest BCUT2D eigenvalue weighted by Gasteiger charge is 2.18. The first kappa shape index (κ1) is 19.1. The average Bonchev–Trinajstić information content (AvgIpc) is 2.59. The van der Waals surface area contributed by atoms with Gasteiger partial charge in [0.25, 0.3) is 5.91 Å². The summed E-state index contributed by atoms with van der Waals surface area (Å²) in [4.78, 5) is 23.7. The quantitative estimate of drug-likeness (QED) is 0.743. The highest BCUT2D eigenvalue weighted by Crippen LogP contribution is 2.27.